The molecule has 3 rings (SSSR count). The predicted molar refractivity (Wildman–Crippen MR) is 76.0 cm³/mol. The van der Waals surface area contributed by atoms with Gasteiger partial charge in [0.1, 0.15) is 0 Å². The smallest absolute Gasteiger partial charge is 0.335 e. The molecule has 0 saturated carbocycles. The van der Waals surface area contributed by atoms with Gasteiger partial charge in [-0.05, 0) is 18.2 Å². The van der Waals surface area contributed by atoms with Gasteiger partial charge >= 0.3 is 5.97 Å². The molecule has 1 N–H and O–H groups in total. The molecule has 0 fully saturated rings. The van der Waals surface area contributed by atoms with E-state index in [1.807, 2.05) is 47.2 Å². The quantitative estimate of drug-likeness (QED) is 0.790. The molecule has 0 radical (unpaired) electrons. The Balaban J connectivity index is 1.98. The van der Waals surface area contributed by atoms with Gasteiger partial charge in [0.05, 0.1) is 17.6 Å². The summed E-state index contributed by atoms with van der Waals surface area (Å²) in [6.07, 6.45) is 3.57. The molecule has 4 heteroatoms. The van der Waals surface area contributed by atoms with Gasteiger partial charge in [0, 0.05) is 17.4 Å². The van der Waals surface area contributed by atoms with Crippen LogP contribution >= 0.6 is 0 Å². The number of carbonyl (C=O) groups is 1. The molecule has 0 aliphatic rings. The molecule has 3 aromatic rings. The molecule has 0 atom stereocenters. The van der Waals surface area contributed by atoms with Crippen molar-refractivity contribution in [3.8, 4) is 16.9 Å². The van der Waals surface area contributed by atoms with Gasteiger partial charge in [-0.25, -0.2) is 9.78 Å². The van der Waals surface area contributed by atoms with Gasteiger partial charge in [-0.2, -0.15) is 0 Å². The molecule has 0 saturated heterocycles. The van der Waals surface area contributed by atoms with Crippen LogP contribution in [0.2, 0.25) is 0 Å². The van der Waals surface area contributed by atoms with E-state index in [1.54, 1.807) is 24.5 Å². The Kier molecular flexibility index (Phi) is 3.05. The average molecular weight is 264 g/mol. The van der Waals surface area contributed by atoms with E-state index in [2.05, 4.69) is 4.98 Å². The fourth-order valence-electron chi connectivity index (χ4n) is 2.02. The van der Waals surface area contributed by atoms with Crippen molar-refractivity contribution in [1.82, 2.24) is 9.55 Å². The van der Waals surface area contributed by atoms with Crippen molar-refractivity contribution in [1.29, 1.82) is 0 Å². The van der Waals surface area contributed by atoms with E-state index in [0.717, 1.165) is 16.9 Å². The second kappa shape index (κ2) is 5.01. The SMILES string of the molecule is O=C(O)c1cccc(-n2cnc(-c3ccccc3)c2)c1. The molecular formula is C16H12N2O2. The highest BCUT2D eigenvalue weighted by Crippen LogP contribution is 2.19. The van der Waals surface area contributed by atoms with Crippen LogP contribution in [-0.4, -0.2) is 20.6 Å². The summed E-state index contributed by atoms with van der Waals surface area (Å²) >= 11 is 0. The van der Waals surface area contributed by atoms with Gasteiger partial charge in [-0.15, -0.1) is 0 Å². The zero-order valence-corrected chi connectivity index (χ0v) is 10.6. The lowest BCUT2D eigenvalue weighted by Gasteiger charge is -2.02. The van der Waals surface area contributed by atoms with Crippen molar-refractivity contribution in [3.05, 3.63) is 72.7 Å². The Morgan fingerprint density at radius 3 is 2.60 bits per heavy atom. The Hall–Kier alpha value is -2.88. The van der Waals surface area contributed by atoms with E-state index >= 15 is 0 Å². The first-order valence-corrected chi connectivity index (χ1v) is 6.17. The highest BCUT2D eigenvalue weighted by atomic mass is 16.4. The minimum atomic E-state index is -0.935. The van der Waals surface area contributed by atoms with Gasteiger partial charge in [0.2, 0.25) is 0 Å². The normalized spacial score (nSPS) is 10.4. The van der Waals surface area contributed by atoms with Crippen molar-refractivity contribution in [2.45, 2.75) is 0 Å². The fourth-order valence-corrected chi connectivity index (χ4v) is 2.02. The van der Waals surface area contributed by atoms with Crippen LogP contribution in [-0.2, 0) is 0 Å². The van der Waals surface area contributed by atoms with Gasteiger partial charge in [-0.3, -0.25) is 0 Å². The summed E-state index contributed by atoms with van der Waals surface area (Å²) in [7, 11) is 0. The standard InChI is InChI=1S/C16H12N2O2/c19-16(20)13-7-4-8-14(9-13)18-10-15(17-11-18)12-5-2-1-3-6-12/h1-11H,(H,19,20). The molecule has 0 aliphatic carbocycles. The van der Waals surface area contributed by atoms with Crippen LogP contribution < -0.4 is 0 Å². The third kappa shape index (κ3) is 2.31. The fraction of sp³-hybridized carbons (Fsp3) is 0. The number of hydrogen-bond acceptors (Lipinski definition) is 2. The monoisotopic (exact) mass is 264 g/mol. The molecule has 1 heterocycles. The molecule has 2 aromatic carbocycles. The Morgan fingerprint density at radius 2 is 1.85 bits per heavy atom. The van der Waals surface area contributed by atoms with Crippen LogP contribution in [0.3, 0.4) is 0 Å². The maximum absolute atomic E-state index is 11.0. The summed E-state index contributed by atoms with van der Waals surface area (Å²) in [4.78, 5) is 15.3. The Morgan fingerprint density at radius 1 is 1.05 bits per heavy atom. The summed E-state index contributed by atoms with van der Waals surface area (Å²) < 4.78 is 1.81. The van der Waals surface area contributed by atoms with Crippen LogP contribution in [0.4, 0.5) is 0 Å². The maximum Gasteiger partial charge on any atom is 0.335 e. The number of benzene rings is 2. The Labute approximate surface area is 116 Å². The molecule has 0 amide bonds. The lowest BCUT2D eigenvalue weighted by atomic mass is 10.2. The van der Waals surface area contributed by atoms with Gasteiger partial charge in [0.15, 0.2) is 0 Å². The van der Waals surface area contributed by atoms with Crippen molar-refractivity contribution in [2.24, 2.45) is 0 Å². The van der Waals surface area contributed by atoms with Crippen LogP contribution in [0.1, 0.15) is 10.4 Å². The van der Waals surface area contributed by atoms with Crippen molar-refractivity contribution in [2.75, 3.05) is 0 Å². The number of carboxylic acids is 1. The van der Waals surface area contributed by atoms with Crippen molar-refractivity contribution >= 4 is 5.97 Å². The predicted octanol–water partition coefficient (Wildman–Crippen LogP) is 3.24. The first kappa shape index (κ1) is 12.2. The lowest BCUT2D eigenvalue weighted by molar-refractivity contribution is 0.0697. The van der Waals surface area contributed by atoms with Gasteiger partial charge < -0.3 is 9.67 Å². The number of aromatic nitrogens is 2. The first-order valence-electron chi connectivity index (χ1n) is 6.17. The number of imidazole rings is 1. The molecule has 0 unspecified atom stereocenters. The molecule has 4 nitrogen and oxygen atoms in total. The van der Waals surface area contributed by atoms with Crippen LogP contribution in [0.5, 0.6) is 0 Å². The number of rotatable bonds is 3. The first-order chi connectivity index (χ1) is 9.74. The van der Waals surface area contributed by atoms with E-state index in [-0.39, 0.29) is 5.56 Å². The van der Waals surface area contributed by atoms with Crippen LogP contribution in [0.15, 0.2) is 67.1 Å². The summed E-state index contributed by atoms with van der Waals surface area (Å²) in [5.74, 6) is -0.935. The molecular weight excluding hydrogens is 252 g/mol. The van der Waals surface area contributed by atoms with E-state index in [9.17, 15) is 4.79 Å². The number of nitrogens with zero attached hydrogens (tertiary/aromatic N) is 2. The highest BCUT2D eigenvalue weighted by molar-refractivity contribution is 5.88. The Bertz CT molecular complexity index is 748. The summed E-state index contributed by atoms with van der Waals surface area (Å²) in [6, 6.07) is 16.6. The molecule has 1 aromatic heterocycles. The summed E-state index contributed by atoms with van der Waals surface area (Å²) in [6.45, 7) is 0. The molecule has 20 heavy (non-hydrogen) atoms. The van der Waals surface area contributed by atoms with E-state index in [1.165, 1.54) is 0 Å². The zero-order chi connectivity index (χ0) is 13.9. The lowest BCUT2D eigenvalue weighted by Crippen LogP contribution is -1.98. The zero-order valence-electron chi connectivity index (χ0n) is 10.6. The van der Waals surface area contributed by atoms with Crippen LogP contribution in [0, 0.1) is 0 Å². The van der Waals surface area contributed by atoms with Crippen molar-refractivity contribution in [3.63, 3.8) is 0 Å². The van der Waals surface area contributed by atoms with Gasteiger partial charge in [0.25, 0.3) is 0 Å². The third-order valence-corrected chi connectivity index (χ3v) is 3.04. The number of carboxylic acid groups (broad SMARTS) is 1. The second-order valence-electron chi connectivity index (χ2n) is 4.39. The minimum Gasteiger partial charge on any atom is -0.478 e. The van der Waals surface area contributed by atoms with Crippen molar-refractivity contribution < 1.29 is 9.90 Å². The largest absolute Gasteiger partial charge is 0.478 e. The summed E-state index contributed by atoms with van der Waals surface area (Å²) in [5.41, 5.74) is 2.92. The molecule has 98 valence electrons. The minimum absolute atomic E-state index is 0.262. The average Bonchev–Trinajstić information content (AvgIpc) is 2.98. The third-order valence-electron chi connectivity index (χ3n) is 3.04. The van der Waals surface area contributed by atoms with E-state index in [4.69, 9.17) is 5.11 Å². The second-order valence-corrected chi connectivity index (χ2v) is 4.39. The number of aromatic carboxylic acids is 1. The highest BCUT2D eigenvalue weighted by Gasteiger charge is 2.06. The van der Waals surface area contributed by atoms with E-state index < -0.39 is 5.97 Å². The number of hydrogen-bond donors (Lipinski definition) is 1. The summed E-state index contributed by atoms with van der Waals surface area (Å²) in [5, 5.41) is 9.01. The molecule has 0 bridgehead atoms. The van der Waals surface area contributed by atoms with Crippen LogP contribution in [0.25, 0.3) is 16.9 Å². The van der Waals surface area contributed by atoms with E-state index in [0.29, 0.717) is 0 Å². The van der Waals surface area contributed by atoms with Gasteiger partial charge in [-0.1, -0.05) is 36.4 Å². The topological polar surface area (TPSA) is 55.1 Å². The molecule has 0 aliphatic heterocycles. The maximum atomic E-state index is 11.0. The molecule has 0 spiro atoms.